The lowest BCUT2D eigenvalue weighted by Gasteiger charge is -2.21. The fourth-order valence-corrected chi connectivity index (χ4v) is 2.89. The average molecular weight is 271 g/mol. The molecule has 0 amide bonds. The zero-order chi connectivity index (χ0) is 14.3. The van der Waals surface area contributed by atoms with Crippen molar-refractivity contribution in [2.75, 3.05) is 19.0 Å². The van der Waals surface area contributed by atoms with Gasteiger partial charge in [-0.1, -0.05) is 0 Å². The molecule has 3 rings (SSSR count). The van der Waals surface area contributed by atoms with Crippen LogP contribution in [0.1, 0.15) is 35.5 Å². The van der Waals surface area contributed by atoms with E-state index in [1.165, 1.54) is 24.1 Å². The normalized spacial score (nSPS) is 14.2. The molecular formula is C15H21N5. The number of hydrogen-bond acceptors (Lipinski definition) is 4. The minimum atomic E-state index is 0.792. The molecule has 1 N–H and O–H groups in total. The molecule has 5 heteroatoms. The molecule has 20 heavy (non-hydrogen) atoms. The standard InChI is InChI=1S/C15H21N5/c1-9-13(10(2)19-18-9)14-11-7-5-6-8-12(11)16-15(17-14)20(3)4/h5-8H2,1-4H3,(H,18,19). The van der Waals surface area contributed by atoms with Crippen LogP contribution < -0.4 is 4.90 Å². The van der Waals surface area contributed by atoms with Crippen LogP contribution in [0.25, 0.3) is 11.3 Å². The van der Waals surface area contributed by atoms with Gasteiger partial charge < -0.3 is 4.90 Å². The molecule has 0 aliphatic heterocycles. The van der Waals surface area contributed by atoms with Crippen molar-refractivity contribution in [1.82, 2.24) is 20.2 Å². The SMILES string of the molecule is Cc1n[nH]c(C)c1-c1nc(N(C)C)nc2c1CCCC2. The van der Waals surface area contributed by atoms with Gasteiger partial charge in [-0.25, -0.2) is 9.97 Å². The maximum atomic E-state index is 4.80. The van der Waals surface area contributed by atoms with E-state index in [1.807, 2.05) is 25.9 Å². The number of aromatic nitrogens is 4. The number of rotatable bonds is 2. The monoisotopic (exact) mass is 271 g/mol. The number of anilines is 1. The van der Waals surface area contributed by atoms with E-state index in [2.05, 4.69) is 17.1 Å². The number of H-pyrrole nitrogens is 1. The van der Waals surface area contributed by atoms with Crippen LogP contribution in [0.4, 0.5) is 5.95 Å². The molecule has 106 valence electrons. The van der Waals surface area contributed by atoms with Crippen molar-refractivity contribution in [3.8, 4) is 11.3 Å². The Hall–Kier alpha value is -1.91. The van der Waals surface area contributed by atoms with Gasteiger partial charge in [0.1, 0.15) is 0 Å². The van der Waals surface area contributed by atoms with Crippen molar-refractivity contribution in [1.29, 1.82) is 0 Å². The van der Waals surface area contributed by atoms with E-state index in [1.54, 1.807) is 0 Å². The second kappa shape index (κ2) is 4.89. The molecule has 0 aromatic carbocycles. The van der Waals surface area contributed by atoms with Crippen LogP contribution in [-0.2, 0) is 12.8 Å². The molecule has 0 saturated carbocycles. The quantitative estimate of drug-likeness (QED) is 0.911. The van der Waals surface area contributed by atoms with Crippen molar-refractivity contribution in [3.63, 3.8) is 0 Å². The summed E-state index contributed by atoms with van der Waals surface area (Å²) in [7, 11) is 3.98. The summed E-state index contributed by atoms with van der Waals surface area (Å²) in [6.07, 6.45) is 4.57. The van der Waals surface area contributed by atoms with Crippen molar-refractivity contribution in [3.05, 3.63) is 22.6 Å². The number of aryl methyl sites for hydroxylation is 3. The Morgan fingerprint density at radius 3 is 2.45 bits per heavy atom. The van der Waals surface area contributed by atoms with E-state index in [4.69, 9.17) is 9.97 Å². The van der Waals surface area contributed by atoms with Crippen LogP contribution in [0, 0.1) is 13.8 Å². The first-order valence-corrected chi connectivity index (χ1v) is 7.17. The summed E-state index contributed by atoms with van der Waals surface area (Å²) >= 11 is 0. The van der Waals surface area contributed by atoms with Gasteiger partial charge in [-0.3, -0.25) is 5.10 Å². The fraction of sp³-hybridized carbons (Fsp3) is 0.533. The molecular weight excluding hydrogens is 250 g/mol. The molecule has 2 heterocycles. The van der Waals surface area contributed by atoms with Crippen LogP contribution in [0.5, 0.6) is 0 Å². The molecule has 2 aromatic rings. The molecule has 0 unspecified atom stereocenters. The number of aromatic amines is 1. The summed E-state index contributed by atoms with van der Waals surface area (Å²) in [6.45, 7) is 4.09. The highest BCUT2D eigenvalue weighted by atomic mass is 15.2. The third-order valence-electron chi connectivity index (χ3n) is 3.94. The van der Waals surface area contributed by atoms with Crippen molar-refractivity contribution in [2.24, 2.45) is 0 Å². The zero-order valence-electron chi connectivity index (χ0n) is 12.6. The third-order valence-corrected chi connectivity index (χ3v) is 3.94. The summed E-state index contributed by atoms with van der Waals surface area (Å²) in [5.41, 5.74) is 6.84. The molecule has 0 spiro atoms. The van der Waals surface area contributed by atoms with Gasteiger partial charge in [-0.15, -0.1) is 0 Å². The maximum absolute atomic E-state index is 4.80. The Balaban J connectivity index is 2.25. The van der Waals surface area contributed by atoms with E-state index < -0.39 is 0 Å². The number of nitrogens with zero attached hydrogens (tertiary/aromatic N) is 4. The zero-order valence-corrected chi connectivity index (χ0v) is 12.6. The highest BCUT2D eigenvalue weighted by Gasteiger charge is 2.22. The van der Waals surface area contributed by atoms with Gasteiger partial charge in [-0.05, 0) is 39.5 Å². The minimum absolute atomic E-state index is 0.792. The van der Waals surface area contributed by atoms with Gasteiger partial charge in [0.15, 0.2) is 0 Å². The van der Waals surface area contributed by atoms with Crippen LogP contribution in [0.3, 0.4) is 0 Å². The predicted molar refractivity (Wildman–Crippen MR) is 80.1 cm³/mol. The average Bonchev–Trinajstić information content (AvgIpc) is 2.77. The van der Waals surface area contributed by atoms with Gasteiger partial charge in [0.05, 0.1) is 11.4 Å². The highest BCUT2D eigenvalue weighted by molar-refractivity contribution is 5.70. The van der Waals surface area contributed by atoms with E-state index in [9.17, 15) is 0 Å². The van der Waals surface area contributed by atoms with Crippen LogP contribution in [0.2, 0.25) is 0 Å². The van der Waals surface area contributed by atoms with Crippen LogP contribution in [0.15, 0.2) is 0 Å². The molecule has 0 radical (unpaired) electrons. The number of nitrogens with one attached hydrogen (secondary N) is 1. The topological polar surface area (TPSA) is 57.7 Å². The first-order valence-electron chi connectivity index (χ1n) is 7.17. The Kier molecular flexibility index (Phi) is 3.20. The summed E-state index contributed by atoms with van der Waals surface area (Å²) < 4.78 is 0. The maximum Gasteiger partial charge on any atom is 0.225 e. The molecule has 0 bridgehead atoms. The van der Waals surface area contributed by atoms with Gasteiger partial charge in [0, 0.05) is 36.6 Å². The Labute approximate surface area is 119 Å². The minimum Gasteiger partial charge on any atom is -0.347 e. The van der Waals surface area contributed by atoms with Crippen LogP contribution in [-0.4, -0.2) is 34.3 Å². The van der Waals surface area contributed by atoms with Crippen molar-refractivity contribution in [2.45, 2.75) is 39.5 Å². The number of hydrogen-bond donors (Lipinski definition) is 1. The van der Waals surface area contributed by atoms with Crippen molar-refractivity contribution < 1.29 is 0 Å². The molecule has 5 nitrogen and oxygen atoms in total. The Morgan fingerprint density at radius 2 is 1.80 bits per heavy atom. The second-order valence-corrected chi connectivity index (χ2v) is 5.71. The fourth-order valence-electron chi connectivity index (χ4n) is 2.89. The Bertz CT molecular complexity index is 622. The van der Waals surface area contributed by atoms with Gasteiger partial charge in [0.25, 0.3) is 0 Å². The molecule has 1 aliphatic rings. The smallest absolute Gasteiger partial charge is 0.225 e. The van der Waals surface area contributed by atoms with Crippen molar-refractivity contribution >= 4 is 5.95 Å². The summed E-state index contributed by atoms with van der Waals surface area (Å²) in [5.74, 6) is 0.792. The second-order valence-electron chi connectivity index (χ2n) is 5.71. The lowest BCUT2D eigenvalue weighted by atomic mass is 9.92. The van der Waals surface area contributed by atoms with E-state index in [0.29, 0.717) is 0 Å². The van der Waals surface area contributed by atoms with Gasteiger partial charge >= 0.3 is 0 Å². The van der Waals surface area contributed by atoms with E-state index in [-0.39, 0.29) is 0 Å². The number of fused-ring (bicyclic) bond motifs is 1. The van der Waals surface area contributed by atoms with Gasteiger partial charge in [-0.2, -0.15) is 5.10 Å². The first kappa shape index (κ1) is 13.1. The molecule has 2 aromatic heterocycles. The summed E-state index contributed by atoms with van der Waals surface area (Å²) in [4.78, 5) is 11.5. The lowest BCUT2D eigenvalue weighted by Crippen LogP contribution is -2.18. The summed E-state index contributed by atoms with van der Waals surface area (Å²) in [6, 6.07) is 0. The first-order chi connectivity index (χ1) is 9.58. The third kappa shape index (κ3) is 2.07. The lowest BCUT2D eigenvalue weighted by molar-refractivity contribution is 0.663. The van der Waals surface area contributed by atoms with Gasteiger partial charge in [0.2, 0.25) is 5.95 Å². The predicted octanol–water partition coefficient (Wildman–Crippen LogP) is 2.43. The summed E-state index contributed by atoms with van der Waals surface area (Å²) in [5, 5.41) is 7.38. The molecule has 1 aliphatic carbocycles. The Morgan fingerprint density at radius 1 is 1.05 bits per heavy atom. The molecule has 0 atom stereocenters. The largest absolute Gasteiger partial charge is 0.347 e. The highest BCUT2D eigenvalue weighted by Crippen LogP contribution is 2.33. The van der Waals surface area contributed by atoms with Crippen LogP contribution >= 0.6 is 0 Å². The molecule has 0 fully saturated rings. The van der Waals surface area contributed by atoms with E-state index >= 15 is 0 Å². The van der Waals surface area contributed by atoms with E-state index in [0.717, 1.165) is 41.4 Å². The molecule has 0 saturated heterocycles.